The highest BCUT2D eigenvalue weighted by Crippen LogP contribution is 2.40. The predicted octanol–water partition coefficient (Wildman–Crippen LogP) is 5.96. The number of carboxylic acid groups (broad SMARTS) is 1. The van der Waals surface area contributed by atoms with E-state index in [1.54, 1.807) is 13.0 Å². The van der Waals surface area contributed by atoms with E-state index in [2.05, 4.69) is 9.97 Å². The topological polar surface area (TPSA) is 103 Å². The molecule has 5 heterocycles. The lowest BCUT2D eigenvalue weighted by atomic mass is 9.97. The van der Waals surface area contributed by atoms with E-state index in [1.165, 1.54) is 6.07 Å². The molecule has 1 fully saturated rings. The molecule has 6 rings (SSSR count). The summed E-state index contributed by atoms with van der Waals surface area (Å²) >= 11 is 5.58. The number of halogens is 6. The molecule has 2 aliphatic heterocycles. The number of hydrogen-bond acceptors (Lipinski definition) is 7. The average Bonchev–Trinajstić information content (AvgIpc) is 3.28. The summed E-state index contributed by atoms with van der Waals surface area (Å²) in [6, 6.07) is 4.96. The summed E-state index contributed by atoms with van der Waals surface area (Å²) < 4.78 is 83.0. The first kappa shape index (κ1) is 30.2. The van der Waals surface area contributed by atoms with Crippen LogP contribution in [0.1, 0.15) is 58.1 Å². The third kappa shape index (κ3) is 5.81. The molecule has 0 aliphatic carbocycles. The second kappa shape index (κ2) is 11.6. The Hall–Kier alpha value is -3.88. The number of carbonyl (C=O) groups is 1. The normalized spacial score (nSPS) is 18.7. The Kier molecular flexibility index (Phi) is 7.92. The lowest BCUT2D eigenvalue weighted by Gasteiger charge is -2.35. The van der Waals surface area contributed by atoms with Gasteiger partial charge in [0.1, 0.15) is 35.1 Å². The first-order valence-electron chi connectivity index (χ1n) is 13.7. The van der Waals surface area contributed by atoms with Crippen LogP contribution in [-0.4, -0.2) is 54.8 Å². The fourth-order valence-corrected chi connectivity index (χ4v) is 5.54. The number of nitrogens with zero attached hydrogens (tertiary/aromatic N) is 5. The first-order chi connectivity index (χ1) is 20.9. The van der Waals surface area contributed by atoms with E-state index in [-0.39, 0.29) is 30.3 Å². The number of aromatic nitrogens is 4. The van der Waals surface area contributed by atoms with Crippen molar-refractivity contribution in [3.63, 3.8) is 0 Å². The number of aromatic carboxylic acids is 1. The Morgan fingerprint density at radius 2 is 1.93 bits per heavy atom. The van der Waals surface area contributed by atoms with Crippen LogP contribution >= 0.6 is 11.6 Å². The van der Waals surface area contributed by atoms with Crippen molar-refractivity contribution in [3.05, 3.63) is 80.9 Å². The first-order valence-corrected chi connectivity index (χ1v) is 14.1. The van der Waals surface area contributed by atoms with Gasteiger partial charge in [-0.15, -0.1) is 0 Å². The molecular weight excluding hydrogens is 613 g/mol. The second-order valence-electron chi connectivity index (χ2n) is 10.7. The Labute approximate surface area is 252 Å². The maximum absolute atomic E-state index is 14.3. The van der Waals surface area contributed by atoms with Gasteiger partial charge in [0.05, 0.1) is 36.0 Å². The van der Waals surface area contributed by atoms with Crippen LogP contribution in [0.2, 0.25) is 5.02 Å². The van der Waals surface area contributed by atoms with Gasteiger partial charge in [0, 0.05) is 18.7 Å². The molecule has 1 aromatic carbocycles. The molecule has 3 aromatic heterocycles. The summed E-state index contributed by atoms with van der Waals surface area (Å²) in [5.74, 6) is -3.20. The molecule has 44 heavy (non-hydrogen) atoms. The number of alkyl halides is 3. The fraction of sp³-hybridized carbons (Fsp3) is 0.379. The van der Waals surface area contributed by atoms with Gasteiger partial charge in [-0.05, 0) is 55.7 Å². The third-order valence-electron chi connectivity index (χ3n) is 7.89. The molecule has 0 radical (unpaired) electrons. The number of hydrogen-bond donors (Lipinski definition) is 1. The Morgan fingerprint density at radius 1 is 1.16 bits per heavy atom. The monoisotopic (exact) mass is 637 g/mol. The van der Waals surface area contributed by atoms with Crippen LogP contribution in [-0.2, 0) is 37.0 Å². The zero-order valence-corrected chi connectivity index (χ0v) is 23.9. The summed E-state index contributed by atoms with van der Waals surface area (Å²) in [7, 11) is 0. The van der Waals surface area contributed by atoms with Gasteiger partial charge in [0.25, 0.3) is 0 Å². The van der Waals surface area contributed by atoms with E-state index < -0.39 is 52.9 Å². The van der Waals surface area contributed by atoms with Crippen molar-refractivity contribution in [1.29, 1.82) is 0 Å². The minimum Gasteiger partial charge on any atom is -0.477 e. The van der Waals surface area contributed by atoms with Crippen LogP contribution < -0.4 is 4.74 Å². The number of pyridine rings is 2. The van der Waals surface area contributed by atoms with Gasteiger partial charge in [-0.2, -0.15) is 13.2 Å². The van der Waals surface area contributed by atoms with Gasteiger partial charge >= 0.3 is 12.1 Å². The molecule has 0 bridgehead atoms. The SMILES string of the molecule is C[C@H]1c2nc(OCc3cc(F)c(Cl)cc3F)c(C(F)(F)F)cc2CCN1Cc1nc2ccc(C(=O)O)nc2n1C[C@@H]1CCO1. The summed E-state index contributed by atoms with van der Waals surface area (Å²) in [6.07, 6.45) is -3.81. The minimum atomic E-state index is -4.81. The Morgan fingerprint density at radius 3 is 2.61 bits per heavy atom. The molecule has 2 aliphatic rings. The van der Waals surface area contributed by atoms with E-state index in [4.69, 9.17) is 26.1 Å². The highest BCUT2D eigenvalue weighted by molar-refractivity contribution is 6.30. The molecular formula is C29H25ClF5N5O4. The molecule has 15 heteroatoms. The zero-order valence-electron chi connectivity index (χ0n) is 23.2. The van der Waals surface area contributed by atoms with Gasteiger partial charge in [-0.25, -0.2) is 28.5 Å². The van der Waals surface area contributed by atoms with Crippen molar-refractivity contribution >= 4 is 28.7 Å². The lowest BCUT2D eigenvalue weighted by Crippen LogP contribution is -2.36. The van der Waals surface area contributed by atoms with Crippen LogP contribution in [0.4, 0.5) is 22.0 Å². The van der Waals surface area contributed by atoms with Crippen LogP contribution in [0.15, 0.2) is 30.3 Å². The standard InChI is InChI=1S/C29H25ClF5N5O4/c1-14-25-15(8-18(29(33,34)35)27(38-25)44-13-16-9-21(32)19(30)10-20(16)31)4-6-39(14)12-24-36-22-2-3-23(28(41)42)37-26(22)40(24)11-17-5-7-43-17/h2-3,8-10,14,17H,4-7,11-13H2,1H3,(H,41,42)/t14-,17-/m0/s1. The molecule has 4 aromatic rings. The molecule has 2 atom stereocenters. The summed E-state index contributed by atoms with van der Waals surface area (Å²) in [5, 5.41) is 8.99. The van der Waals surface area contributed by atoms with E-state index in [1.807, 2.05) is 9.47 Å². The maximum atomic E-state index is 14.3. The van der Waals surface area contributed by atoms with Crippen LogP contribution in [0, 0.1) is 11.6 Å². The Balaban J connectivity index is 1.31. The van der Waals surface area contributed by atoms with E-state index in [9.17, 15) is 31.9 Å². The van der Waals surface area contributed by atoms with Crippen molar-refractivity contribution < 1.29 is 41.3 Å². The highest BCUT2D eigenvalue weighted by Gasteiger charge is 2.39. The highest BCUT2D eigenvalue weighted by atomic mass is 35.5. The van der Waals surface area contributed by atoms with Crippen molar-refractivity contribution in [3.8, 4) is 5.88 Å². The second-order valence-corrected chi connectivity index (χ2v) is 11.1. The lowest BCUT2D eigenvalue weighted by molar-refractivity contribution is -0.139. The molecule has 0 unspecified atom stereocenters. The summed E-state index contributed by atoms with van der Waals surface area (Å²) in [5.41, 5.74) is 0.0781. The van der Waals surface area contributed by atoms with Crippen LogP contribution in [0.3, 0.4) is 0 Å². The quantitative estimate of drug-likeness (QED) is 0.187. The zero-order chi connectivity index (χ0) is 31.3. The molecule has 1 saturated heterocycles. The largest absolute Gasteiger partial charge is 0.477 e. The molecule has 0 spiro atoms. The van der Waals surface area contributed by atoms with Gasteiger partial charge in [-0.1, -0.05) is 11.6 Å². The number of rotatable bonds is 8. The van der Waals surface area contributed by atoms with E-state index in [0.29, 0.717) is 47.9 Å². The maximum Gasteiger partial charge on any atom is 0.421 e. The van der Waals surface area contributed by atoms with Gasteiger partial charge in [-0.3, -0.25) is 4.90 Å². The number of imidazole rings is 1. The van der Waals surface area contributed by atoms with E-state index in [0.717, 1.165) is 24.6 Å². The number of fused-ring (bicyclic) bond motifs is 2. The number of ether oxygens (including phenoxy) is 2. The average molecular weight is 638 g/mol. The van der Waals surface area contributed by atoms with Crippen LogP contribution in [0.25, 0.3) is 11.2 Å². The molecule has 232 valence electrons. The van der Waals surface area contributed by atoms with Crippen LogP contribution in [0.5, 0.6) is 5.88 Å². The van der Waals surface area contributed by atoms with Crippen molar-refractivity contribution in [1.82, 2.24) is 24.4 Å². The molecule has 0 amide bonds. The minimum absolute atomic E-state index is 0.0814. The number of carboxylic acids is 1. The molecule has 1 N–H and O–H groups in total. The van der Waals surface area contributed by atoms with Crippen molar-refractivity contribution in [2.45, 2.75) is 57.8 Å². The van der Waals surface area contributed by atoms with E-state index >= 15 is 0 Å². The summed E-state index contributed by atoms with van der Waals surface area (Å²) in [6.45, 7) is 2.77. The smallest absolute Gasteiger partial charge is 0.421 e. The Bertz CT molecular complexity index is 1760. The predicted molar refractivity (Wildman–Crippen MR) is 146 cm³/mol. The third-order valence-corrected chi connectivity index (χ3v) is 8.18. The fourth-order valence-electron chi connectivity index (χ4n) is 5.39. The van der Waals surface area contributed by atoms with Crippen molar-refractivity contribution in [2.75, 3.05) is 13.2 Å². The van der Waals surface area contributed by atoms with Gasteiger partial charge in [0.15, 0.2) is 11.3 Å². The van der Waals surface area contributed by atoms with Gasteiger partial charge < -0.3 is 19.1 Å². The molecule has 9 nitrogen and oxygen atoms in total. The van der Waals surface area contributed by atoms with Gasteiger partial charge in [0.2, 0.25) is 5.88 Å². The van der Waals surface area contributed by atoms with Crippen molar-refractivity contribution in [2.24, 2.45) is 0 Å². The summed E-state index contributed by atoms with van der Waals surface area (Å²) in [4.78, 5) is 26.8. The molecule has 0 saturated carbocycles. The number of benzene rings is 1.